The molecule has 0 radical (unpaired) electrons. The third kappa shape index (κ3) is 6.81. The van der Waals surface area contributed by atoms with Crippen molar-refractivity contribution in [1.82, 2.24) is 10.6 Å². The largest absolute Gasteiger partial charge is 0.351 e. The molecule has 0 atom stereocenters. The zero-order valence-electron chi connectivity index (χ0n) is 21.9. The molecule has 40 heavy (non-hydrogen) atoms. The summed E-state index contributed by atoms with van der Waals surface area (Å²) in [5.41, 5.74) is -0.0381. The first-order valence-corrected chi connectivity index (χ1v) is 14.2. The summed E-state index contributed by atoms with van der Waals surface area (Å²) in [6, 6.07) is 19.5. The number of para-hydroxylation sites is 1. The molecule has 12 heteroatoms. The molecular weight excluding hydrogens is 646 g/mol. The van der Waals surface area contributed by atoms with Gasteiger partial charge in [0.25, 0.3) is 5.91 Å². The highest BCUT2D eigenvalue weighted by Crippen LogP contribution is 2.39. The second-order valence-corrected chi connectivity index (χ2v) is 10.5. The molecule has 1 aliphatic heterocycles. The first-order chi connectivity index (χ1) is 19.3. The predicted molar refractivity (Wildman–Crippen MR) is 160 cm³/mol. The molecule has 0 unspecified atom stereocenters. The van der Waals surface area contributed by atoms with E-state index in [2.05, 4.69) is 53.1 Å². The summed E-state index contributed by atoms with van der Waals surface area (Å²) in [7, 11) is 0. The summed E-state index contributed by atoms with van der Waals surface area (Å²) in [5, 5.41) is 10.9. The number of ether oxygens (including phenoxy) is 2. The Morgan fingerprint density at radius 3 is 1.75 bits per heavy atom. The first-order valence-electron chi connectivity index (χ1n) is 12.6. The van der Waals surface area contributed by atoms with Gasteiger partial charge < -0.3 is 35.6 Å². The van der Waals surface area contributed by atoms with Crippen molar-refractivity contribution in [3.8, 4) is 0 Å². The van der Waals surface area contributed by atoms with E-state index in [1.165, 1.54) is 4.90 Å². The van der Waals surface area contributed by atoms with Crippen LogP contribution >= 0.6 is 31.9 Å². The van der Waals surface area contributed by atoms with E-state index in [4.69, 9.17) is 9.47 Å². The third-order valence-corrected chi connectivity index (χ3v) is 7.07. The summed E-state index contributed by atoms with van der Waals surface area (Å²) in [6.07, 6.45) is -0.712. The normalized spacial score (nSPS) is 13.6. The fourth-order valence-electron chi connectivity index (χ4n) is 4.31. The van der Waals surface area contributed by atoms with Crippen molar-refractivity contribution in [3.05, 3.63) is 87.3 Å². The monoisotopic (exact) mass is 673 g/mol. The molecule has 10 nitrogen and oxygen atoms in total. The highest BCUT2D eigenvalue weighted by atomic mass is 79.9. The van der Waals surface area contributed by atoms with Crippen molar-refractivity contribution in [2.24, 2.45) is 0 Å². The Hall–Kier alpha value is -3.45. The van der Waals surface area contributed by atoms with Gasteiger partial charge >= 0.3 is 12.1 Å². The van der Waals surface area contributed by atoms with Crippen molar-refractivity contribution in [3.63, 3.8) is 0 Å². The number of carbonyl (C=O) groups is 3. The molecule has 0 aromatic heterocycles. The number of anilines is 3. The van der Waals surface area contributed by atoms with Gasteiger partial charge in [-0.25, -0.2) is 9.59 Å². The van der Waals surface area contributed by atoms with E-state index >= 15 is 0 Å². The van der Waals surface area contributed by atoms with Gasteiger partial charge in [-0.1, -0.05) is 50.1 Å². The van der Waals surface area contributed by atoms with Crippen LogP contribution in [0.2, 0.25) is 0 Å². The number of nitrogens with zero attached hydrogens (tertiary/aromatic N) is 1. The molecule has 3 aromatic carbocycles. The minimum Gasteiger partial charge on any atom is -0.351 e. The molecule has 0 saturated heterocycles. The number of halogens is 2. The van der Waals surface area contributed by atoms with Crippen molar-refractivity contribution < 1.29 is 23.9 Å². The maximum atomic E-state index is 14.2. The van der Waals surface area contributed by atoms with Gasteiger partial charge in [-0.2, -0.15) is 0 Å². The highest BCUT2D eigenvalue weighted by Gasteiger charge is 2.54. The van der Waals surface area contributed by atoms with Crippen LogP contribution in [0.1, 0.15) is 19.4 Å². The van der Waals surface area contributed by atoms with Crippen LogP contribution in [0.25, 0.3) is 0 Å². The smallest absolute Gasteiger partial charge is 0.321 e. The van der Waals surface area contributed by atoms with Gasteiger partial charge in [-0.15, -0.1) is 0 Å². The Kier molecular flexibility index (Phi) is 9.80. The van der Waals surface area contributed by atoms with Crippen molar-refractivity contribution in [2.75, 3.05) is 35.3 Å². The molecular formula is C28H29Br2N5O5. The number of hydrogen-bond acceptors (Lipinski definition) is 5. The van der Waals surface area contributed by atoms with E-state index in [0.29, 0.717) is 35.8 Å². The molecule has 0 saturated carbocycles. The lowest BCUT2D eigenvalue weighted by molar-refractivity contribution is -0.137. The Morgan fingerprint density at radius 2 is 1.27 bits per heavy atom. The average Bonchev–Trinajstić information content (AvgIpc) is 3.14. The van der Waals surface area contributed by atoms with Gasteiger partial charge in [-0.05, 0) is 68.4 Å². The maximum Gasteiger partial charge on any atom is 0.321 e. The van der Waals surface area contributed by atoms with E-state index in [-0.39, 0.29) is 6.54 Å². The van der Waals surface area contributed by atoms with Crippen LogP contribution in [0.4, 0.5) is 26.7 Å². The lowest BCUT2D eigenvalue weighted by Crippen LogP contribution is -2.65. The van der Waals surface area contributed by atoms with Gasteiger partial charge in [0.1, 0.15) is 0 Å². The number of hydrogen-bond donors (Lipinski definition) is 4. The molecule has 0 bridgehead atoms. The SMILES string of the molecule is CCOC(CN1C(=O)C(NC(=O)Nc2ccc(Br)cc2)(NC(=O)Nc2ccc(Br)cc2)c2ccccc21)OCC. The van der Waals surface area contributed by atoms with Crippen LogP contribution < -0.4 is 26.2 Å². The lowest BCUT2D eigenvalue weighted by Gasteiger charge is -2.31. The minimum absolute atomic E-state index is 0.0469. The van der Waals surface area contributed by atoms with Gasteiger partial charge in [0.2, 0.25) is 5.66 Å². The number of rotatable bonds is 10. The number of benzene rings is 3. The second kappa shape index (κ2) is 13.3. The molecule has 0 aliphatic carbocycles. The fraction of sp³-hybridized carbons (Fsp3) is 0.250. The summed E-state index contributed by atoms with van der Waals surface area (Å²) >= 11 is 6.73. The quantitative estimate of drug-likeness (QED) is 0.204. The summed E-state index contributed by atoms with van der Waals surface area (Å²) < 4.78 is 13.1. The zero-order chi connectivity index (χ0) is 28.7. The van der Waals surface area contributed by atoms with Gasteiger partial charge in [0, 0.05) is 39.1 Å². The molecule has 0 fully saturated rings. The molecule has 3 aromatic rings. The van der Waals surface area contributed by atoms with Gasteiger partial charge in [0.15, 0.2) is 6.29 Å². The fourth-order valence-corrected chi connectivity index (χ4v) is 4.84. The molecule has 1 aliphatic rings. The summed E-state index contributed by atoms with van der Waals surface area (Å²) in [5.74, 6) is -0.574. The second-order valence-electron chi connectivity index (χ2n) is 8.70. The molecule has 4 rings (SSSR count). The van der Waals surface area contributed by atoms with Crippen molar-refractivity contribution in [1.29, 1.82) is 0 Å². The summed E-state index contributed by atoms with van der Waals surface area (Å²) in [4.78, 5) is 42.2. The number of amides is 5. The Balaban J connectivity index is 1.69. The van der Waals surface area contributed by atoms with Gasteiger partial charge in [0.05, 0.1) is 12.2 Å². The maximum absolute atomic E-state index is 14.2. The summed E-state index contributed by atoms with van der Waals surface area (Å²) in [6.45, 7) is 4.46. The van der Waals surface area contributed by atoms with E-state index in [1.807, 2.05) is 13.8 Å². The Morgan fingerprint density at radius 1 is 0.800 bits per heavy atom. The Bertz CT molecular complexity index is 1290. The van der Waals surface area contributed by atoms with Crippen LogP contribution in [0.15, 0.2) is 81.7 Å². The molecule has 210 valence electrons. The first kappa shape index (κ1) is 29.5. The van der Waals surface area contributed by atoms with E-state index in [1.54, 1.807) is 72.8 Å². The van der Waals surface area contributed by atoms with Crippen LogP contribution in [0.3, 0.4) is 0 Å². The molecule has 1 heterocycles. The number of fused-ring (bicyclic) bond motifs is 1. The molecule has 5 amide bonds. The van der Waals surface area contributed by atoms with Crippen molar-refractivity contribution in [2.45, 2.75) is 25.8 Å². The highest BCUT2D eigenvalue weighted by molar-refractivity contribution is 9.10. The van der Waals surface area contributed by atoms with E-state index in [0.717, 1.165) is 8.95 Å². The molecule has 0 spiro atoms. The predicted octanol–water partition coefficient (Wildman–Crippen LogP) is 5.75. The Labute approximate surface area is 249 Å². The van der Waals surface area contributed by atoms with Crippen LogP contribution in [0.5, 0.6) is 0 Å². The van der Waals surface area contributed by atoms with Crippen LogP contribution in [0, 0.1) is 0 Å². The lowest BCUT2D eigenvalue weighted by atomic mass is 10.0. The number of carbonyl (C=O) groups excluding carboxylic acids is 3. The topological polar surface area (TPSA) is 121 Å². The minimum atomic E-state index is -1.93. The molecule has 4 N–H and O–H groups in total. The van der Waals surface area contributed by atoms with Crippen LogP contribution in [-0.2, 0) is 19.9 Å². The number of nitrogens with one attached hydrogen (secondary N) is 4. The third-order valence-electron chi connectivity index (χ3n) is 6.01. The van der Waals surface area contributed by atoms with E-state index in [9.17, 15) is 14.4 Å². The average molecular weight is 675 g/mol. The zero-order valence-corrected chi connectivity index (χ0v) is 25.0. The van der Waals surface area contributed by atoms with E-state index < -0.39 is 29.9 Å². The standard InChI is InChI=1S/C28H29Br2N5O5/c1-3-39-24(40-4-2)17-35-23-8-6-5-7-22(23)28(25(35)36,33-26(37)31-20-13-9-18(29)10-14-20)34-27(38)32-21-15-11-19(30)12-16-21/h5-16,24H,3-4,17H2,1-2H3,(H2,31,33,37)(H2,32,34,38). The van der Waals surface area contributed by atoms with Crippen LogP contribution in [-0.4, -0.2) is 44.0 Å². The number of urea groups is 2. The van der Waals surface area contributed by atoms with Crippen molar-refractivity contribution >= 4 is 66.9 Å². The van der Waals surface area contributed by atoms with Gasteiger partial charge in [-0.3, -0.25) is 4.79 Å².